The van der Waals surface area contributed by atoms with E-state index in [1.807, 2.05) is 13.8 Å². The van der Waals surface area contributed by atoms with Crippen molar-refractivity contribution in [3.8, 4) is 11.3 Å². The number of carbonyl (C=O) groups is 3. The molecule has 1 aromatic heterocycles. The van der Waals surface area contributed by atoms with Gasteiger partial charge in [-0.15, -0.1) is 0 Å². The van der Waals surface area contributed by atoms with Crippen LogP contribution in [0, 0.1) is 0 Å². The Hall–Kier alpha value is -2.51. The molecule has 1 N–H and O–H groups in total. The van der Waals surface area contributed by atoms with E-state index < -0.39 is 5.97 Å². The predicted octanol–water partition coefficient (Wildman–Crippen LogP) is 5.13. The number of rotatable bonds is 5. The second-order valence-corrected chi connectivity index (χ2v) is 7.41. The molecule has 1 atom stereocenters. The van der Waals surface area contributed by atoms with Crippen molar-refractivity contribution in [2.45, 2.75) is 26.3 Å². The molecule has 0 aliphatic carbocycles. The highest BCUT2D eigenvalue weighted by molar-refractivity contribution is 8.18. The van der Waals surface area contributed by atoms with Crippen molar-refractivity contribution < 1.29 is 23.9 Å². The maximum Gasteiger partial charge on any atom is 0.335 e. The second kappa shape index (κ2) is 7.62. The zero-order valence-corrected chi connectivity index (χ0v) is 16.1. The summed E-state index contributed by atoms with van der Waals surface area (Å²) in [4.78, 5) is 37.2. The lowest BCUT2D eigenvalue weighted by Gasteiger charge is -2.19. The molecular formula is C19H16ClNO5S. The Morgan fingerprint density at radius 1 is 1.33 bits per heavy atom. The first-order chi connectivity index (χ1) is 12.8. The number of furan rings is 1. The number of carbonyl (C=O) groups excluding carboxylic acids is 2. The summed E-state index contributed by atoms with van der Waals surface area (Å²) in [6.07, 6.45) is 2.18. The molecule has 0 spiro atoms. The maximum absolute atomic E-state index is 12.5. The van der Waals surface area contributed by atoms with E-state index in [1.54, 1.807) is 12.1 Å². The highest BCUT2D eigenvalue weighted by Crippen LogP contribution is 2.36. The molecule has 1 saturated heterocycles. The van der Waals surface area contributed by atoms with Crippen molar-refractivity contribution in [3.05, 3.63) is 51.6 Å². The zero-order valence-electron chi connectivity index (χ0n) is 14.6. The van der Waals surface area contributed by atoms with Crippen LogP contribution < -0.4 is 0 Å². The average molecular weight is 406 g/mol. The van der Waals surface area contributed by atoms with E-state index in [4.69, 9.17) is 21.1 Å². The number of carboxylic acid groups (broad SMARTS) is 1. The van der Waals surface area contributed by atoms with Crippen molar-refractivity contribution in [2.24, 2.45) is 0 Å². The van der Waals surface area contributed by atoms with E-state index >= 15 is 0 Å². The molecule has 0 unspecified atom stereocenters. The predicted molar refractivity (Wildman–Crippen MR) is 104 cm³/mol. The molecule has 0 radical (unpaired) electrons. The fourth-order valence-electron chi connectivity index (χ4n) is 2.59. The monoisotopic (exact) mass is 405 g/mol. The van der Waals surface area contributed by atoms with Gasteiger partial charge in [-0.1, -0.05) is 18.5 Å². The molecule has 1 fully saturated rings. The molecular weight excluding hydrogens is 390 g/mol. The lowest BCUT2D eigenvalue weighted by molar-refractivity contribution is -0.124. The quantitative estimate of drug-likeness (QED) is 0.693. The molecule has 8 heteroatoms. The number of benzene rings is 1. The Balaban J connectivity index is 1.90. The molecule has 6 nitrogen and oxygen atoms in total. The molecule has 0 saturated carbocycles. The normalized spacial score (nSPS) is 17.0. The molecule has 1 aliphatic heterocycles. The number of hydrogen-bond acceptors (Lipinski definition) is 5. The Bertz CT molecular complexity index is 965. The molecule has 0 bridgehead atoms. The fraction of sp³-hybridized carbons (Fsp3) is 0.211. The molecule has 1 aliphatic rings. The van der Waals surface area contributed by atoms with Crippen LogP contribution in [0.2, 0.25) is 5.02 Å². The summed E-state index contributed by atoms with van der Waals surface area (Å²) in [5.41, 5.74) is 0.519. The number of hydrogen-bond donors (Lipinski definition) is 1. The number of carboxylic acids is 1. The minimum atomic E-state index is -1.07. The summed E-state index contributed by atoms with van der Waals surface area (Å²) < 4.78 is 5.70. The first kappa shape index (κ1) is 19.3. The number of thioether (sulfide) groups is 1. The minimum Gasteiger partial charge on any atom is -0.478 e. The minimum absolute atomic E-state index is 0.0852. The summed E-state index contributed by atoms with van der Waals surface area (Å²) in [6.45, 7) is 3.73. The summed E-state index contributed by atoms with van der Waals surface area (Å²) in [6, 6.07) is 7.41. The van der Waals surface area contributed by atoms with Gasteiger partial charge < -0.3 is 9.52 Å². The van der Waals surface area contributed by atoms with Crippen LogP contribution in [0.5, 0.6) is 0 Å². The van der Waals surface area contributed by atoms with Gasteiger partial charge in [-0.05, 0) is 55.4 Å². The van der Waals surface area contributed by atoms with E-state index in [0.717, 1.165) is 11.8 Å². The molecule has 2 heterocycles. The van der Waals surface area contributed by atoms with Gasteiger partial charge in [0, 0.05) is 17.7 Å². The van der Waals surface area contributed by atoms with E-state index in [2.05, 4.69) is 0 Å². The summed E-state index contributed by atoms with van der Waals surface area (Å²) in [5.74, 6) is -0.673. The van der Waals surface area contributed by atoms with Gasteiger partial charge in [0.15, 0.2) is 0 Å². The van der Waals surface area contributed by atoms with E-state index in [-0.39, 0.29) is 27.7 Å². The number of halogens is 1. The number of nitrogens with zero attached hydrogens (tertiary/aromatic N) is 1. The van der Waals surface area contributed by atoms with E-state index in [0.29, 0.717) is 28.5 Å². The number of aromatic carboxylic acids is 1. The van der Waals surface area contributed by atoms with E-state index in [1.165, 1.54) is 29.2 Å². The van der Waals surface area contributed by atoms with Gasteiger partial charge in [0.1, 0.15) is 11.5 Å². The lowest BCUT2D eigenvalue weighted by atomic mass is 10.1. The first-order valence-electron chi connectivity index (χ1n) is 8.22. The first-order valence-corrected chi connectivity index (χ1v) is 9.41. The van der Waals surface area contributed by atoms with Gasteiger partial charge in [0.2, 0.25) is 0 Å². The smallest absolute Gasteiger partial charge is 0.335 e. The summed E-state index contributed by atoms with van der Waals surface area (Å²) in [5, 5.41) is 9.17. The average Bonchev–Trinajstić information content (AvgIpc) is 3.19. The molecule has 140 valence electrons. The number of imide groups is 1. The summed E-state index contributed by atoms with van der Waals surface area (Å²) in [7, 11) is 0. The van der Waals surface area contributed by atoms with E-state index in [9.17, 15) is 14.4 Å². The fourth-order valence-corrected chi connectivity index (χ4v) is 3.71. The Morgan fingerprint density at radius 3 is 2.74 bits per heavy atom. The van der Waals surface area contributed by atoms with Gasteiger partial charge in [-0.25, -0.2) is 4.79 Å². The SMILES string of the molecule is CC[C@H](C)N1C(=O)SC(=Cc2ccc(-c3cc(C(=O)O)ccc3Cl)o2)C1=O. The third kappa shape index (κ3) is 3.79. The Kier molecular flexibility index (Phi) is 5.43. The van der Waals surface area contributed by atoms with Crippen LogP contribution in [0.25, 0.3) is 17.4 Å². The topological polar surface area (TPSA) is 87.8 Å². The van der Waals surface area contributed by atoms with Gasteiger partial charge in [-0.2, -0.15) is 0 Å². The highest BCUT2D eigenvalue weighted by atomic mass is 35.5. The van der Waals surface area contributed by atoms with Crippen LogP contribution in [0.4, 0.5) is 4.79 Å². The highest BCUT2D eigenvalue weighted by Gasteiger charge is 2.37. The van der Waals surface area contributed by atoms with Crippen molar-refractivity contribution in [1.82, 2.24) is 4.90 Å². The number of amides is 2. The van der Waals surface area contributed by atoms with Gasteiger partial charge >= 0.3 is 5.97 Å². The largest absolute Gasteiger partial charge is 0.478 e. The molecule has 2 aromatic rings. The van der Waals surface area contributed by atoms with Crippen molar-refractivity contribution in [1.29, 1.82) is 0 Å². The molecule has 2 amide bonds. The van der Waals surface area contributed by atoms with Gasteiger partial charge in [0.25, 0.3) is 11.1 Å². The van der Waals surface area contributed by atoms with Crippen LogP contribution in [-0.2, 0) is 4.79 Å². The van der Waals surface area contributed by atoms with Crippen molar-refractivity contribution in [2.75, 3.05) is 0 Å². The Labute approximate surface area is 164 Å². The molecule has 3 rings (SSSR count). The second-order valence-electron chi connectivity index (χ2n) is 6.01. The van der Waals surface area contributed by atoms with Crippen LogP contribution in [-0.4, -0.2) is 33.2 Å². The van der Waals surface area contributed by atoms with Crippen LogP contribution in [0.15, 0.2) is 39.7 Å². The van der Waals surface area contributed by atoms with Gasteiger partial charge in [-0.3, -0.25) is 14.5 Å². The zero-order chi connectivity index (χ0) is 19.7. The molecule has 27 heavy (non-hydrogen) atoms. The van der Waals surface area contributed by atoms with Crippen molar-refractivity contribution in [3.63, 3.8) is 0 Å². The third-order valence-electron chi connectivity index (χ3n) is 4.23. The van der Waals surface area contributed by atoms with Crippen LogP contribution in [0.1, 0.15) is 36.4 Å². The Morgan fingerprint density at radius 2 is 2.07 bits per heavy atom. The van der Waals surface area contributed by atoms with Crippen LogP contribution >= 0.6 is 23.4 Å². The maximum atomic E-state index is 12.5. The summed E-state index contributed by atoms with van der Waals surface area (Å²) >= 11 is 7.02. The lowest BCUT2D eigenvalue weighted by Crippen LogP contribution is -2.36. The standard InChI is InChI=1S/C19H16ClNO5S/c1-3-10(2)21-17(22)16(27-19(21)25)9-12-5-7-15(26-12)13-8-11(18(23)24)4-6-14(13)20/h4-10H,3H2,1-2H3,(H,23,24)/t10-/m0/s1. The molecule has 1 aromatic carbocycles. The third-order valence-corrected chi connectivity index (χ3v) is 5.45. The van der Waals surface area contributed by atoms with Crippen LogP contribution in [0.3, 0.4) is 0 Å². The van der Waals surface area contributed by atoms with Gasteiger partial charge in [0.05, 0.1) is 15.5 Å². The van der Waals surface area contributed by atoms with Crippen molar-refractivity contribution >= 4 is 46.6 Å².